The zero-order chi connectivity index (χ0) is 11.9. The van der Waals surface area contributed by atoms with E-state index in [0.717, 1.165) is 0 Å². The van der Waals surface area contributed by atoms with Gasteiger partial charge >= 0.3 is 0 Å². The fourth-order valence-electron chi connectivity index (χ4n) is 2.61. The van der Waals surface area contributed by atoms with Crippen molar-refractivity contribution in [3.05, 3.63) is 60.6 Å². The lowest BCUT2D eigenvalue weighted by atomic mass is 10.0. The van der Waals surface area contributed by atoms with Gasteiger partial charge in [0.15, 0.2) is 0 Å². The lowest BCUT2D eigenvalue weighted by Gasteiger charge is -2.10. The quantitative estimate of drug-likeness (QED) is 0.595. The highest BCUT2D eigenvalue weighted by Gasteiger charge is 2.08. The van der Waals surface area contributed by atoms with Crippen LogP contribution in [-0.4, -0.2) is 4.98 Å². The smallest absolute Gasteiger partial charge is 0.0533 e. The number of nitrogens with one attached hydrogen (secondary N) is 2. The normalized spacial score (nSPS) is 13.6. The second kappa shape index (κ2) is 3.50. The molecule has 2 N–H and O–H groups in total. The molecule has 0 aliphatic carbocycles. The van der Waals surface area contributed by atoms with Gasteiger partial charge in [-0.1, -0.05) is 36.4 Å². The predicted molar refractivity (Wildman–Crippen MR) is 77.6 cm³/mol. The molecule has 0 atom stereocenters. The Morgan fingerprint density at radius 2 is 1.72 bits per heavy atom. The highest BCUT2D eigenvalue weighted by atomic mass is 14.8. The van der Waals surface area contributed by atoms with Crippen LogP contribution in [0.1, 0.15) is 5.56 Å². The topological polar surface area (TPSA) is 27.8 Å². The Bertz CT molecular complexity index is 806. The second-order valence-corrected chi connectivity index (χ2v) is 4.51. The first-order valence-corrected chi connectivity index (χ1v) is 6.05. The lowest BCUT2D eigenvalue weighted by molar-refractivity contribution is 1.43. The summed E-state index contributed by atoms with van der Waals surface area (Å²) < 4.78 is 0. The lowest BCUT2D eigenvalue weighted by Crippen LogP contribution is -1.91. The average molecular weight is 232 g/mol. The van der Waals surface area contributed by atoms with Gasteiger partial charge in [0, 0.05) is 29.4 Å². The molecule has 3 aromatic rings. The zero-order valence-electron chi connectivity index (χ0n) is 9.77. The third kappa shape index (κ3) is 1.23. The first-order valence-electron chi connectivity index (χ1n) is 6.05. The molecule has 1 aliphatic rings. The van der Waals surface area contributed by atoms with Crippen LogP contribution >= 0.6 is 0 Å². The van der Waals surface area contributed by atoms with E-state index < -0.39 is 0 Å². The summed E-state index contributed by atoms with van der Waals surface area (Å²) in [6.07, 6.45) is 12.3. The van der Waals surface area contributed by atoms with Gasteiger partial charge in [-0.15, -0.1) is 0 Å². The number of rotatable bonds is 0. The largest absolute Gasteiger partial charge is 0.366 e. The van der Waals surface area contributed by atoms with Crippen molar-refractivity contribution in [2.24, 2.45) is 0 Å². The summed E-state index contributed by atoms with van der Waals surface area (Å²) in [5, 5.41) is 8.44. The van der Waals surface area contributed by atoms with E-state index in [2.05, 4.69) is 52.9 Å². The molecule has 18 heavy (non-hydrogen) atoms. The summed E-state index contributed by atoms with van der Waals surface area (Å²) >= 11 is 0. The van der Waals surface area contributed by atoms with Crippen LogP contribution in [0.15, 0.2) is 55.0 Å². The molecular formula is C16H12N2. The van der Waals surface area contributed by atoms with Crippen molar-refractivity contribution in [1.29, 1.82) is 0 Å². The van der Waals surface area contributed by atoms with Crippen molar-refractivity contribution < 1.29 is 0 Å². The number of aromatic amines is 1. The average Bonchev–Trinajstić information content (AvgIpc) is 2.75. The first kappa shape index (κ1) is 9.54. The Morgan fingerprint density at radius 1 is 0.778 bits per heavy atom. The maximum atomic E-state index is 3.37. The molecule has 2 aromatic carbocycles. The summed E-state index contributed by atoms with van der Waals surface area (Å²) in [7, 11) is 0. The van der Waals surface area contributed by atoms with Gasteiger partial charge in [0.2, 0.25) is 0 Å². The molecule has 1 aromatic heterocycles. The molecular weight excluding hydrogens is 220 g/mol. The van der Waals surface area contributed by atoms with Gasteiger partial charge in [-0.3, -0.25) is 0 Å². The van der Waals surface area contributed by atoms with Crippen LogP contribution in [0.25, 0.3) is 27.6 Å². The molecule has 0 radical (unpaired) electrons. The Hall–Kier alpha value is -2.48. The van der Waals surface area contributed by atoms with E-state index in [9.17, 15) is 0 Å². The summed E-state index contributed by atoms with van der Waals surface area (Å²) in [6.45, 7) is 0. The Labute approximate surface area is 105 Å². The molecule has 0 unspecified atom stereocenters. The maximum Gasteiger partial charge on any atom is 0.0533 e. The molecule has 86 valence electrons. The van der Waals surface area contributed by atoms with E-state index >= 15 is 0 Å². The van der Waals surface area contributed by atoms with E-state index in [1.165, 1.54) is 32.8 Å². The molecule has 0 amide bonds. The molecule has 4 rings (SSSR count). The molecule has 0 saturated heterocycles. The van der Waals surface area contributed by atoms with Gasteiger partial charge in [0.25, 0.3) is 0 Å². The third-order valence-electron chi connectivity index (χ3n) is 3.49. The Kier molecular flexibility index (Phi) is 1.86. The van der Waals surface area contributed by atoms with Gasteiger partial charge in [-0.05, 0) is 22.4 Å². The number of fused-ring (bicyclic) bond motifs is 5. The van der Waals surface area contributed by atoms with Gasteiger partial charge < -0.3 is 10.3 Å². The zero-order valence-corrected chi connectivity index (χ0v) is 9.77. The van der Waals surface area contributed by atoms with E-state index in [1.807, 2.05) is 18.5 Å². The van der Waals surface area contributed by atoms with Crippen LogP contribution in [-0.2, 0) is 0 Å². The second-order valence-electron chi connectivity index (χ2n) is 4.51. The van der Waals surface area contributed by atoms with E-state index in [-0.39, 0.29) is 0 Å². The SMILES string of the molecule is C1=CNc2c(ccc3c2ccc2c[nH]cc23)C=C1. The molecule has 2 heteroatoms. The number of allylic oxidation sites excluding steroid dienone is 2. The molecule has 2 nitrogen and oxygen atoms in total. The number of benzene rings is 2. The summed E-state index contributed by atoms with van der Waals surface area (Å²) in [5.74, 6) is 0. The van der Waals surface area contributed by atoms with Crippen LogP contribution in [0, 0.1) is 0 Å². The number of H-pyrrole nitrogens is 1. The minimum absolute atomic E-state index is 1.18. The van der Waals surface area contributed by atoms with Gasteiger partial charge in [-0.25, -0.2) is 0 Å². The van der Waals surface area contributed by atoms with Crippen molar-refractivity contribution >= 4 is 33.3 Å². The minimum atomic E-state index is 1.18. The third-order valence-corrected chi connectivity index (χ3v) is 3.49. The van der Waals surface area contributed by atoms with Gasteiger partial charge in [-0.2, -0.15) is 0 Å². The highest BCUT2D eigenvalue weighted by molar-refractivity contribution is 6.12. The minimum Gasteiger partial charge on any atom is -0.366 e. The molecule has 0 bridgehead atoms. The van der Waals surface area contributed by atoms with Gasteiger partial charge in [0.1, 0.15) is 0 Å². The number of anilines is 1. The van der Waals surface area contributed by atoms with Crippen molar-refractivity contribution in [2.75, 3.05) is 5.32 Å². The summed E-state index contributed by atoms with van der Waals surface area (Å²) in [6, 6.07) is 8.71. The molecule has 0 spiro atoms. The van der Waals surface area contributed by atoms with Gasteiger partial charge in [0.05, 0.1) is 5.69 Å². The number of hydrogen-bond acceptors (Lipinski definition) is 1. The maximum absolute atomic E-state index is 3.37. The summed E-state index contributed by atoms with van der Waals surface area (Å²) in [5.41, 5.74) is 2.41. The van der Waals surface area contributed by atoms with Crippen LogP contribution < -0.4 is 5.32 Å². The van der Waals surface area contributed by atoms with E-state index in [0.29, 0.717) is 0 Å². The van der Waals surface area contributed by atoms with Crippen LogP contribution in [0.3, 0.4) is 0 Å². The van der Waals surface area contributed by atoms with Crippen LogP contribution in [0.5, 0.6) is 0 Å². The van der Waals surface area contributed by atoms with E-state index in [4.69, 9.17) is 0 Å². The fraction of sp³-hybridized carbons (Fsp3) is 0. The van der Waals surface area contributed by atoms with Crippen LogP contribution in [0.2, 0.25) is 0 Å². The van der Waals surface area contributed by atoms with Crippen molar-refractivity contribution in [3.8, 4) is 0 Å². The van der Waals surface area contributed by atoms with Crippen molar-refractivity contribution in [2.45, 2.75) is 0 Å². The molecule has 1 aliphatic heterocycles. The molecule has 0 saturated carbocycles. The highest BCUT2D eigenvalue weighted by Crippen LogP contribution is 2.34. The standard InChI is InChI=1S/C16H12N2/c1-2-8-18-16-11(3-1)4-6-13-14(16)7-5-12-9-17-10-15(12)13/h1-10,17-18H. The first-order chi connectivity index (χ1) is 8.93. The monoisotopic (exact) mass is 232 g/mol. The fourth-order valence-corrected chi connectivity index (χ4v) is 2.61. The van der Waals surface area contributed by atoms with E-state index in [1.54, 1.807) is 0 Å². The summed E-state index contributed by atoms with van der Waals surface area (Å²) in [4.78, 5) is 3.17. The molecule has 2 heterocycles. The van der Waals surface area contributed by atoms with Crippen LogP contribution in [0.4, 0.5) is 5.69 Å². The number of hydrogen-bond donors (Lipinski definition) is 2. The Balaban J connectivity index is 2.17. The van der Waals surface area contributed by atoms with Crippen molar-refractivity contribution in [1.82, 2.24) is 4.98 Å². The number of aromatic nitrogens is 1. The van der Waals surface area contributed by atoms with Crippen molar-refractivity contribution in [3.63, 3.8) is 0 Å². The predicted octanol–water partition coefficient (Wildman–Crippen LogP) is 4.27. The molecule has 0 fully saturated rings. The Morgan fingerprint density at radius 3 is 2.72 bits per heavy atom.